The number of rotatable bonds is 3. The fraction of sp³-hybridized carbons (Fsp3) is 0.611. The fourth-order valence-electron chi connectivity index (χ4n) is 3.49. The molecule has 1 unspecified atom stereocenters. The Morgan fingerprint density at radius 1 is 1.23 bits per heavy atom. The molecule has 4 nitrogen and oxygen atoms in total. The fourth-order valence-corrected chi connectivity index (χ4v) is 3.49. The van der Waals surface area contributed by atoms with E-state index in [1.807, 2.05) is 24.3 Å². The molecule has 0 aliphatic carbocycles. The lowest BCUT2D eigenvalue weighted by Gasteiger charge is -2.24. The molecule has 3 atom stereocenters. The normalized spacial score (nSPS) is 27.9. The third-order valence-electron chi connectivity index (χ3n) is 4.76. The molecule has 0 aromatic heterocycles. The van der Waals surface area contributed by atoms with E-state index in [1.165, 1.54) is 0 Å². The number of hydrogen-bond acceptors (Lipinski definition) is 3. The van der Waals surface area contributed by atoms with Gasteiger partial charge in [-0.1, -0.05) is 32.0 Å². The van der Waals surface area contributed by atoms with Gasteiger partial charge in [0.1, 0.15) is 11.9 Å². The highest BCUT2D eigenvalue weighted by molar-refractivity contribution is 5.82. The summed E-state index contributed by atoms with van der Waals surface area (Å²) in [5.41, 5.74) is 1.08. The van der Waals surface area contributed by atoms with Gasteiger partial charge in [0.15, 0.2) is 0 Å². The Morgan fingerprint density at radius 2 is 2.05 bits per heavy atom. The van der Waals surface area contributed by atoms with E-state index in [9.17, 15) is 4.79 Å². The number of nitrogens with one attached hydrogen (secondary N) is 1. The zero-order valence-electron chi connectivity index (χ0n) is 13.4. The summed E-state index contributed by atoms with van der Waals surface area (Å²) >= 11 is 0. The molecule has 2 aliphatic heterocycles. The topological polar surface area (TPSA) is 47.6 Å². The Balaban J connectivity index is 1.74. The van der Waals surface area contributed by atoms with E-state index in [4.69, 9.17) is 9.47 Å². The number of amides is 1. The molecule has 1 aromatic carbocycles. The van der Waals surface area contributed by atoms with Crippen LogP contribution in [0.25, 0.3) is 0 Å². The van der Waals surface area contributed by atoms with Crippen molar-refractivity contribution in [3.8, 4) is 5.75 Å². The molecule has 1 fully saturated rings. The van der Waals surface area contributed by atoms with Crippen LogP contribution >= 0.6 is 0 Å². The minimum Gasteiger partial charge on any atom is -0.493 e. The van der Waals surface area contributed by atoms with Crippen molar-refractivity contribution in [3.05, 3.63) is 29.8 Å². The monoisotopic (exact) mass is 303 g/mol. The number of ether oxygens (including phenoxy) is 2. The molecule has 0 bridgehead atoms. The summed E-state index contributed by atoms with van der Waals surface area (Å²) in [5, 5.41) is 3.20. The quantitative estimate of drug-likeness (QED) is 0.933. The van der Waals surface area contributed by atoms with E-state index >= 15 is 0 Å². The van der Waals surface area contributed by atoms with Gasteiger partial charge in [-0.2, -0.15) is 0 Å². The lowest BCUT2D eigenvalue weighted by molar-refractivity contribution is -0.133. The van der Waals surface area contributed by atoms with Crippen LogP contribution < -0.4 is 10.1 Å². The minimum atomic E-state index is -0.309. The molecule has 0 radical (unpaired) electrons. The second-order valence-corrected chi connectivity index (χ2v) is 6.58. The first kappa shape index (κ1) is 15.3. The van der Waals surface area contributed by atoms with Crippen molar-refractivity contribution < 1.29 is 14.3 Å². The first-order valence-electron chi connectivity index (χ1n) is 8.30. The Morgan fingerprint density at radius 3 is 2.86 bits per heavy atom. The van der Waals surface area contributed by atoms with Gasteiger partial charge in [-0.05, 0) is 37.2 Å². The molecule has 1 saturated heterocycles. The highest BCUT2D eigenvalue weighted by atomic mass is 16.5. The molecular formula is C18H25NO3. The second kappa shape index (κ2) is 6.69. The summed E-state index contributed by atoms with van der Waals surface area (Å²) in [6.07, 6.45) is 2.51. The standard InChI is InChI=1S/C18H25NO3/c1-12(2)13-9-11-22-17(13)18(20)19-15-7-5-10-21-16-8-4-3-6-14(15)16/h3-4,6,8,12-13,15,17H,5,7,9-11H2,1-2H3,(H,19,20)/t13-,15?,17-/m0/s1. The largest absolute Gasteiger partial charge is 0.493 e. The maximum atomic E-state index is 12.7. The van der Waals surface area contributed by atoms with Crippen LogP contribution in [0.4, 0.5) is 0 Å². The van der Waals surface area contributed by atoms with Gasteiger partial charge in [0.05, 0.1) is 12.6 Å². The number of fused-ring (bicyclic) bond motifs is 1. The summed E-state index contributed by atoms with van der Waals surface area (Å²) in [4.78, 5) is 12.7. The molecule has 2 aliphatic rings. The van der Waals surface area contributed by atoms with Crippen LogP contribution in [0, 0.1) is 11.8 Å². The molecule has 1 amide bonds. The molecule has 2 heterocycles. The zero-order chi connectivity index (χ0) is 15.5. The minimum absolute atomic E-state index is 0.0169. The lowest BCUT2D eigenvalue weighted by atomic mass is 9.89. The average Bonchev–Trinajstić information content (AvgIpc) is 2.92. The highest BCUT2D eigenvalue weighted by Crippen LogP contribution is 2.33. The number of carbonyl (C=O) groups excluding carboxylic acids is 1. The molecule has 3 rings (SSSR count). The maximum absolute atomic E-state index is 12.7. The number of hydrogen-bond donors (Lipinski definition) is 1. The van der Waals surface area contributed by atoms with Gasteiger partial charge in [0.25, 0.3) is 0 Å². The SMILES string of the molecule is CC(C)[C@@H]1CCO[C@@H]1C(=O)NC1CCCOc2ccccc21. The molecule has 22 heavy (non-hydrogen) atoms. The molecule has 1 N–H and O–H groups in total. The van der Waals surface area contributed by atoms with Crippen LogP contribution in [0.15, 0.2) is 24.3 Å². The average molecular weight is 303 g/mol. The maximum Gasteiger partial charge on any atom is 0.249 e. The highest BCUT2D eigenvalue weighted by Gasteiger charge is 2.37. The van der Waals surface area contributed by atoms with Crippen molar-refractivity contribution in [3.63, 3.8) is 0 Å². The van der Waals surface area contributed by atoms with E-state index in [-0.39, 0.29) is 18.1 Å². The molecular weight excluding hydrogens is 278 g/mol. The van der Waals surface area contributed by atoms with Crippen molar-refractivity contribution in [2.75, 3.05) is 13.2 Å². The Kier molecular flexibility index (Phi) is 4.67. The number of carbonyl (C=O) groups is 1. The molecule has 0 spiro atoms. The summed E-state index contributed by atoms with van der Waals surface area (Å²) < 4.78 is 11.5. The second-order valence-electron chi connectivity index (χ2n) is 6.58. The van der Waals surface area contributed by atoms with Gasteiger partial charge < -0.3 is 14.8 Å². The molecule has 0 saturated carbocycles. The van der Waals surface area contributed by atoms with Gasteiger partial charge in [0, 0.05) is 12.2 Å². The van der Waals surface area contributed by atoms with Gasteiger partial charge in [-0.15, -0.1) is 0 Å². The molecule has 120 valence electrons. The summed E-state index contributed by atoms with van der Waals surface area (Å²) in [6.45, 7) is 5.71. The third kappa shape index (κ3) is 3.12. The predicted octanol–water partition coefficient (Wildman–Crippen LogP) is 3.08. The van der Waals surface area contributed by atoms with Crippen LogP contribution in [0.1, 0.15) is 44.7 Å². The van der Waals surface area contributed by atoms with Gasteiger partial charge in [-0.25, -0.2) is 0 Å². The van der Waals surface area contributed by atoms with Crippen molar-refractivity contribution in [1.29, 1.82) is 0 Å². The van der Waals surface area contributed by atoms with E-state index in [0.717, 1.165) is 30.6 Å². The third-order valence-corrected chi connectivity index (χ3v) is 4.76. The van der Waals surface area contributed by atoms with E-state index in [2.05, 4.69) is 19.2 Å². The van der Waals surface area contributed by atoms with Crippen LogP contribution in [-0.2, 0) is 9.53 Å². The first-order valence-corrected chi connectivity index (χ1v) is 8.30. The lowest BCUT2D eigenvalue weighted by Crippen LogP contribution is -2.41. The summed E-state index contributed by atoms with van der Waals surface area (Å²) in [6, 6.07) is 8.00. The van der Waals surface area contributed by atoms with Crippen LogP contribution in [0.3, 0.4) is 0 Å². The van der Waals surface area contributed by atoms with Crippen molar-refractivity contribution >= 4 is 5.91 Å². The van der Waals surface area contributed by atoms with E-state index < -0.39 is 0 Å². The summed E-state index contributed by atoms with van der Waals surface area (Å²) in [7, 11) is 0. The van der Waals surface area contributed by atoms with E-state index in [1.54, 1.807) is 0 Å². The van der Waals surface area contributed by atoms with Crippen molar-refractivity contribution in [1.82, 2.24) is 5.32 Å². The van der Waals surface area contributed by atoms with Gasteiger partial charge >= 0.3 is 0 Å². The Bertz CT molecular complexity index is 529. The van der Waals surface area contributed by atoms with Crippen molar-refractivity contribution in [2.24, 2.45) is 11.8 Å². The van der Waals surface area contributed by atoms with E-state index in [0.29, 0.717) is 25.0 Å². The smallest absolute Gasteiger partial charge is 0.249 e. The Hall–Kier alpha value is -1.55. The summed E-state index contributed by atoms with van der Waals surface area (Å²) in [5.74, 6) is 1.69. The van der Waals surface area contributed by atoms with Gasteiger partial charge in [0.2, 0.25) is 5.91 Å². The molecule has 1 aromatic rings. The first-order chi connectivity index (χ1) is 10.7. The van der Waals surface area contributed by atoms with Crippen molar-refractivity contribution in [2.45, 2.75) is 45.3 Å². The predicted molar refractivity (Wildman–Crippen MR) is 84.7 cm³/mol. The number of benzene rings is 1. The number of para-hydroxylation sites is 1. The molecule has 4 heteroatoms. The van der Waals surface area contributed by atoms with Gasteiger partial charge in [-0.3, -0.25) is 4.79 Å². The van der Waals surface area contributed by atoms with Crippen LogP contribution in [0.2, 0.25) is 0 Å². The zero-order valence-corrected chi connectivity index (χ0v) is 13.4. The van der Waals surface area contributed by atoms with Crippen LogP contribution in [-0.4, -0.2) is 25.2 Å². The Labute approximate surface area is 132 Å². The van der Waals surface area contributed by atoms with Crippen LogP contribution in [0.5, 0.6) is 5.75 Å².